The second-order valence-electron chi connectivity index (χ2n) is 6.44. The van der Waals surface area contributed by atoms with Crippen LogP contribution in [0.2, 0.25) is 0 Å². The van der Waals surface area contributed by atoms with Crippen LogP contribution in [0.15, 0.2) is 24.3 Å². The Kier molecular flexibility index (Phi) is 8.22. The van der Waals surface area contributed by atoms with Crippen molar-refractivity contribution in [3.8, 4) is 0 Å². The molecular formula is C19H27N3O5. The fourth-order valence-electron chi connectivity index (χ4n) is 2.92. The first-order chi connectivity index (χ1) is 13.0. The van der Waals surface area contributed by atoms with Crippen molar-refractivity contribution in [3.05, 3.63) is 29.8 Å². The lowest BCUT2D eigenvalue weighted by Gasteiger charge is -2.32. The number of carbonyl (C=O) groups excluding carboxylic acids is 3. The summed E-state index contributed by atoms with van der Waals surface area (Å²) in [5.41, 5.74) is 1.14. The molecule has 0 unspecified atom stereocenters. The molecule has 0 aliphatic carbocycles. The number of carbonyl (C=O) groups is 3. The molecule has 2 rings (SSSR count). The molecule has 1 aliphatic heterocycles. The molecule has 0 spiro atoms. The second kappa shape index (κ2) is 10.6. The minimum Gasteiger partial charge on any atom is -0.382 e. The first-order valence-corrected chi connectivity index (χ1v) is 9.02. The smallest absolute Gasteiger partial charge is 0.253 e. The van der Waals surface area contributed by atoms with Crippen LogP contribution in [0, 0.1) is 0 Å². The van der Waals surface area contributed by atoms with Gasteiger partial charge < -0.3 is 25.0 Å². The lowest BCUT2D eigenvalue weighted by molar-refractivity contribution is -0.127. The number of ether oxygens (including phenoxy) is 2. The lowest BCUT2D eigenvalue weighted by atomic mass is 10.0. The van der Waals surface area contributed by atoms with Gasteiger partial charge >= 0.3 is 0 Å². The van der Waals surface area contributed by atoms with E-state index in [1.807, 2.05) is 0 Å². The molecule has 1 aromatic carbocycles. The van der Waals surface area contributed by atoms with Crippen LogP contribution in [-0.4, -0.2) is 68.7 Å². The summed E-state index contributed by atoms with van der Waals surface area (Å²) >= 11 is 0. The highest BCUT2D eigenvalue weighted by Gasteiger charge is 2.24. The average molecular weight is 377 g/mol. The maximum atomic E-state index is 12.7. The summed E-state index contributed by atoms with van der Waals surface area (Å²) in [4.78, 5) is 37.4. The highest BCUT2D eigenvalue weighted by atomic mass is 16.5. The van der Waals surface area contributed by atoms with E-state index in [4.69, 9.17) is 9.47 Å². The Morgan fingerprint density at radius 2 is 1.93 bits per heavy atom. The van der Waals surface area contributed by atoms with E-state index in [9.17, 15) is 14.4 Å². The van der Waals surface area contributed by atoms with E-state index in [0.29, 0.717) is 50.4 Å². The molecule has 8 nitrogen and oxygen atoms in total. The molecule has 1 saturated heterocycles. The molecular weight excluding hydrogens is 350 g/mol. The van der Waals surface area contributed by atoms with Crippen LogP contribution < -0.4 is 10.6 Å². The van der Waals surface area contributed by atoms with Gasteiger partial charge in [-0.05, 0) is 31.0 Å². The van der Waals surface area contributed by atoms with Gasteiger partial charge in [0.2, 0.25) is 11.8 Å². The molecule has 1 fully saturated rings. The molecule has 27 heavy (non-hydrogen) atoms. The van der Waals surface area contributed by atoms with Gasteiger partial charge in [0.05, 0.1) is 13.2 Å². The number of likely N-dealkylation sites (tertiary alicyclic amines) is 1. The molecule has 1 aliphatic rings. The average Bonchev–Trinajstić information content (AvgIpc) is 2.65. The predicted octanol–water partition coefficient (Wildman–Crippen LogP) is 1.03. The molecule has 0 aromatic heterocycles. The minimum atomic E-state index is -0.178. The Labute approximate surface area is 159 Å². The number of nitrogens with one attached hydrogen (secondary N) is 2. The number of piperidine rings is 1. The van der Waals surface area contributed by atoms with Gasteiger partial charge in [-0.2, -0.15) is 0 Å². The van der Waals surface area contributed by atoms with Gasteiger partial charge in [-0.1, -0.05) is 6.07 Å². The van der Waals surface area contributed by atoms with E-state index in [0.717, 1.165) is 0 Å². The van der Waals surface area contributed by atoms with Crippen LogP contribution in [0.4, 0.5) is 5.69 Å². The van der Waals surface area contributed by atoms with Crippen LogP contribution in [0.3, 0.4) is 0 Å². The van der Waals surface area contributed by atoms with Crippen molar-refractivity contribution in [2.24, 2.45) is 0 Å². The standard InChI is InChI=1S/C19H27N3O5/c1-14(23)20-17-5-3-4-15(12-17)19(25)22-8-6-16(7-9-22)21-18(24)13-27-11-10-26-2/h3-5,12,16H,6-11,13H2,1-2H3,(H,20,23)(H,21,24). The van der Waals surface area contributed by atoms with Gasteiger partial charge in [0.1, 0.15) is 6.61 Å². The highest BCUT2D eigenvalue weighted by molar-refractivity contribution is 5.96. The fourth-order valence-corrected chi connectivity index (χ4v) is 2.92. The van der Waals surface area contributed by atoms with E-state index in [1.54, 1.807) is 36.3 Å². The Morgan fingerprint density at radius 3 is 2.59 bits per heavy atom. The summed E-state index contributed by atoms with van der Waals surface area (Å²) in [6.07, 6.45) is 1.39. The summed E-state index contributed by atoms with van der Waals surface area (Å²) in [5, 5.41) is 5.61. The van der Waals surface area contributed by atoms with E-state index < -0.39 is 0 Å². The number of methoxy groups -OCH3 is 1. The molecule has 148 valence electrons. The van der Waals surface area contributed by atoms with E-state index >= 15 is 0 Å². The first-order valence-electron chi connectivity index (χ1n) is 9.02. The summed E-state index contributed by atoms with van der Waals surface area (Å²) in [6.45, 7) is 3.41. The Balaban J connectivity index is 1.78. The molecule has 3 amide bonds. The number of benzene rings is 1. The van der Waals surface area contributed by atoms with E-state index in [-0.39, 0.29) is 30.4 Å². The maximum absolute atomic E-state index is 12.7. The number of anilines is 1. The fraction of sp³-hybridized carbons (Fsp3) is 0.526. The van der Waals surface area contributed by atoms with Crippen LogP contribution in [0.25, 0.3) is 0 Å². The van der Waals surface area contributed by atoms with E-state index in [1.165, 1.54) is 6.92 Å². The van der Waals surface area contributed by atoms with Gasteiger partial charge in [0, 0.05) is 44.4 Å². The largest absolute Gasteiger partial charge is 0.382 e. The lowest BCUT2D eigenvalue weighted by Crippen LogP contribution is -2.47. The minimum absolute atomic E-state index is 0.0123. The SMILES string of the molecule is COCCOCC(=O)NC1CCN(C(=O)c2cccc(NC(C)=O)c2)CC1. The maximum Gasteiger partial charge on any atom is 0.253 e. The van der Waals surface area contributed by atoms with Crippen LogP contribution in [-0.2, 0) is 19.1 Å². The van der Waals surface area contributed by atoms with Crippen LogP contribution in [0.5, 0.6) is 0 Å². The quantitative estimate of drug-likeness (QED) is 0.660. The number of rotatable bonds is 8. The van der Waals surface area contributed by atoms with Crippen LogP contribution >= 0.6 is 0 Å². The second-order valence-corrected chi connectivity index (χ2v) is 6.44. The predicted molar refractivity (Wildman–Crippen MR) is 101 cm³/mol. The summed E-state index contributed by atoms with van der Waals surface area (Å²) in [6, 6.07) is 6.94. The zero-order valence-electron chi connectivity index (χ0n) is 15.8. The number of hydrogen-bond donors (Lipinski definition) is 2. The van der Waals surface area contributed by atoms with Crippen molar-refractivity contribution in [3.63, 3.8) is 0 Å². The van der Waals surface area contributed by atoms with Crippen molar-refractivity contribution in [2.75, 3.05) is 45.3 Å². The summed E-state index contributed by atoms with van der Waals surface area (Å²) < 4.78 is 10.1. The van der Waals surface area contributed by atoms with Gasteiger partial charge in [0.15, 0.2) is 0 Å². The first kappa shape index (κ1) is 20.9. The highest BCUT2D eigenvalue weighted by Crippen LogP contribution is 2.17. The van der Waals surface area contributed by atoms with Gasteiger partial charge in [-0.3, -0.25) is 14.4 Å². The Bertz CT molecular complexity index is 657. The van der Waals surface area contributed by atoms with Crippen molar-refractivity contribution in [1.29, 1.82) is 0 Å². The molecule has 1 aromatic rings. The zero-order valence-corrected chi connectivity index (χ0v) is 15.8. The van der Waals surface area contributed by atoms with Crippen molar-refractivity contribution in [2.45, 2.75) is 25.8 Å². The third-order valence-corrected chi connectivity index (χ3v) is 4.24. The van der Waals surface area contributed by atoms with Gasteiger partial charge in [0.25, 0.3) is 5.91 Å². The molecule has 0 saturated carbocycles. The molecule has 0 atom stereocenters. The molecule has 0 bridgehead atoms. The summed E-state index contributed by atoms with van der Waals surface area (Å²) in [5.74, 6) is -0.406. The Hall–Kier alpha value is -2.45. The molecule has 1 heterocycles. The van der Waals surface area contributed by atoms with Crippen molar-refractivity contribution < 1.29 is 23.9 Å². The normalized spacial score (nSPS) is 14.7. The number of amides is 3. The molecule has 8 heteroatoms. The Morgan fingerprint density at radius 1 is 1.19 bits per heavy atom. The van der Waals surface area contributed by atoms with Gasteiger partial charge in [-0.15, -0.1) is 0 Å². The van der Waals surface area contributed by atoms with Crippen LogP contribution in [0.1, 0.15) is 30.1 Å². The number of hydrogen-bond acceptors (Lipinski definition) is 5. The number of nitrogens with zero attached hydrogens (tertiary/aromatic N) is 1. The van der Waals surface area contributed by atoms with Crippen molar-refractivity contribution >= 4 is 23.4 Å². The van der Waals surface area contributed by atoms with Crippen molar-refractivity contribution in [1.82, 2.24) is 10.2 Å². The molecule has 0 radical (unpaired) electrons. The zero-order chi connectivity index (χ0) is 19.6. The monoisotopic (exact) mass is 377 g/mol. The molecule has 2 N–H and O–H groups in total. The summed E-state index contributed by atoms with van der Waals surface area (Å²) in [7, 11) is 1.58. The van der Waals surface area contributed by atoms with Gasteiger partial charge in [-0.25, -0.2) is 0 Å². The van der Waals surface area contributed by atoms with E-state index in [2.05, 4.69) is 10.6 Å². The third kappa shape index (κ3) is 6.99. The third-order valence-electron chi connectivity index (χ3n) is 4.24. The topological polar surface area (TPSA) is 97.0 Å².